The molecule has 1 saturated heterocycles. The molecule has 9 nitrogen and oxygen atoms in total. The van der Waals surface area contributed by atoms with Gasteiger partial charge in [0.15, 0.2) is 0 Å². The van der Waals surface area contributed by atoms with Gasteiger partial charge in [-0.3, -0.25) is 14.0 Å². The normalized spacial score (nSPS) is 15.1. The molecule has 1 aliphatic heterocycles. The number of para-hydroxylation sites is 1. The van der Waals surface area contributed by atoms with E-state index in [9.17, 15) is 18.0 Å². The van der Waals surface area contributed by atoms with E-state index in [1.54, 1.807) is 35.5 Å². The number of rotatable bonds is 8. The molecule has 4 aromatic rings. The second-order valence-corrected chi connectivity index (χ2v) is 12.4. The Bertz CT molecular complexity index is 1480. The molecular formula is C23H23N5O4S3. The van der Waals surface area contributed by atoms with Gasteiger partial charge in [0.1, 0.15) is 15.5 Å². The quantitative estimate of drug-likeness (QED) is 0.352. The second-order valence-electron chi connectivity index (χ2n) is 8.18. The number of piperazine rings is 1. The van der Waals surface area contributed by atoms with Crippen LogP contribution in [0.15, 0.2) is 52.2 Å². The molecule has 0 spiro atoms. The van der Waals surface area contributed by atoms with Crippen LogP contribution in [0, 0.1) is 0 Å². The lowest BCUT2D eigenvalue weighted by Crippen LogP contribution is -2.50. The Labute approximate surface area is 210 Å². The number of fused-ring (bicyclic) bond motifs is 1. The summed E-state index contributed by atoms with van der Waals surface area (Å²) >= 11 is 2.72. The molecule has 35 heavy (non-hydrogen) atoms. The fraction of sp³-hybridized carbons (Fsp3) is 0.261. The van der Waals surface area contributed by atoms with Gasteiger partial charge in [0, 0.05) is 43.1 Å². The Hall–Kier alpha value is -3.06. The molecule has 0 aliphatic carbocycles. The van der Waals surface area contributed by atoms with Crippen LogP contribution < -0.4 is 4.31 Å². The zero-order valence-electron chi connectivity index (χ0n) is 18.9. The van der Waals surface area contributed by atoms with E-state index in [-0.39, 0.29) is 19.0 Å². The van der Waals surface area contributed by atoms with Gasteiger partial charge in [0.05, 0.1) is 30.0 Å². The lowest BCUT2D eigenvalue weighted by molar-refractivity contribution is -0.137. The number of benzene rings is 1. The summed E-state index contributed by atoms with van der Waals surface area (Å²) in [5, 5.41) is 3.42. The fourth-order valence-corrected chi connectivity index (χ4v) is 7.39. The summed E-state index contributed by atoms with van der Waals surface area (Å²) < 4.78 is 27.7. The Balaban J connectivity index is 1.37. The maximum Gasteiger partial charge on any atom is 0.273 e. The highest BCUT2D eigenvalue weighted by Gasteiger charge is 2.26. The van der Waals surface area contributed by atoms with Gasteiger partial charge in [-0.15, -0.1) is 22.7 Å². The number of anilines is 1. The molecule has 0 saturated carbocycles. The maximum absolute atomic E-state index is 13.0. The number of nitrogens with zero attached hydrogens (tertiary/aromatic N) is 4. The predicted molar refractivity (Wildman–Crippen MR) is 137 cm³/mol. The van der Waals surface area contributed by atoms with Crippen molar-refractivity contribution >= 4 is 61.5 Å². The first-order chi connectivity index (χ1) is 16.9. The van der Waals surface area contributed by atoms with Crippen molar-refractivity contribution in [3.63, 3.8) is 0 Å². The minimum Gasteiger partial charge on any atom is -0.351 e. The first-order valence-electron chi connectivity index (χ1n) is 10.9. The van der Waals surface area contributed by atoms with Gasteiger partial charge in [-0.1, -0.05) is 18.2 Å². The molecule has 1 aromatic carbocycles. The first kappa shape index (κ1) is 23.7. The number of nitrogens with one attached hydrogen (secondary N) is 1. The number of aldehydes is 1. The number of thiazole rings is 1. The molecule has 4 heterocycles. The topological polar surface area (TPSA) is 107 Å². The molecule has 0 unspecified atom stereocenters. The minimum absolute atomic E-state index is 0.0437. The Kier molecular flexibility index (Phi) is 6.45. The van der Waals surface area contributed by atoms with E-state index in [4.69, 9.17) is 0 Å². The van der Waals surface area contributed by atoms with Crippen LogP contribution in [0.4, 0.5) is 5.69 Å². The van der Waals surface area contributed by atoms with Crippen molar-refractivity contribution in [3.8, 4) is 10.7 Å². The number of amides is 1. The summed E-state index contributed by atoms with van der Waals surface area (Å²) in [6.45, 7) is 2.26. The van der Waals surface area contributed by atoms with Crippen LogP contribution in [0.2, 0.25) is 0 Å². The van der Waals surface area contributed by atoms with Crippen molar-refractivity contribution in [2.75, 3.05) is 37.5 Å². The molecule has 0 bridgehead atoms. The monoisotopic (exact) mass is 529 g/mol. The largest absolute Gasteiger partial charge is 0.351 e. The number of carbonyl (C=O) groups is 2. The lowest BCUT2D eigenvalue weighted by atomic mass is 10.2. The molecule has 1 N–H and O–H groups in total. The molecule has 1 amide bonds. The van der Waals surface area contributed by atoms with Crippen LogP contribution in [0.1, 0.15) is 4.88 Å². The SMILES string of the molecule is CN(c1cccc2cc(-c3ncc(CN4CCN(CC=O)C(=O)C4)s3)[nH]c12)S(=O)(=O)c1cccs1. The smallest absolute Gasteiger partial charge is 0.273 e. The number of hydrogen-bond acceptors (Lipinski definition) is 8. The van der Waals surface area contributed by atoms with Gasteiger partial charge >= 0.3 is 0 Å². The van der Waals surface area contributed by atoms with E-state index in [1.807, 2.05) is 24.4 Å². The first-order valence-corrected chi connectivity index (χ1v) is 14.0. The third kappa shape index (κ3) is 4.61. The van der Waals surface area contributed by atoms with Crippen LogP contribution >= 0.6 is 22.7 Å². The Morgan fingerprint density at radius 1 is 1.23 bits per heavy atom. The molecule has 5 rings (SSSR count). The van der Waals surface area contributed by atoms with E-state index in [0.717, 1.165) is 32.8 Å². The summed E-state index contributed by atoms with van der Waals surface area (Å²) in [6.07, 6.45) is 2.56. The third-order valence-electron chi connectivity index (χ3n) is 5.94. The van der Waals surface area contributed by atoms with E-state index >= 15 is 0 Å². The van der Waals surface area contributed by atoms with Gasteiger partial charge < -0.3 is 14.7 Å². The third-order valence-corrected chi connectivity index (χ3v) is 10.1. The van der Waals surface area contributed by atoms with E-state index in [1.165, 1.54) is 27.0 Å². The zero-order valence-corrected chi connectivity index (χ0v) is 21.3. The van der Waals surface area contributed by atoms with Gasteiger partial charge in [-0.2, -0.15) is 0 Å². The van der Waals surface area contributed by atoms with Crippen molar-refractivity contribution in [1.29, 1.82) is 0 Å². The highest BCUT2D eigenvalue weighted by Crippen LogP contribution is 2.34. The van der Waals surface area contributed by atoms with Crippen LogP contribution in [0.25, 0.3) is 21.6 Å². The predicted octanol–water partition coefficient (Wildman–Crippen LogP) is 3.02. The number of thiophene rings is 1. The number of aromatic amines is 1. The molecule has 182 valence electrons. The van der Waals surface area contributed by atoms with Crippen LogP contribution in [0.3, 0.4) is 0 Å². The number of hydrogen-bond donors (Lipinski definition) is 1. The average Bonchev–Trinajstić information content (AvgIpc) is 3.60. The highest BCUT2D eigenvalue weighted by molar-refractivity contribution is 7.94. The molecule has 1 fully saturated rings. The number of carbonyl (C=O) groups excluding carboxylic acids is 2. The van der Waals surface area contributed by atoms with Crippen LogP contribution in [-0.2, 0) is 26.2 Å². The molecule has 3 aromatic heterocycles. The van der Waals surface area contributed by atoms with Crippen molar-refractivity contribution < 1.29 is 18.0 Å². The van der Waals surface area contributed by atoms with E-state index < -0.39 is 10.0 Å². The van der Waals surface area contributed by atoms with Gasteiger partial charge in [-0.05, 0) is 23.6 Å². The van der Waals surface area contributed by atoms with Crippen molar-refractivity contribution in [1.82, 2.24) is 19.8 Å². The maximum atomic E-state index is 13.0. The minimum atomic E-state index is -3.66. The summed E-state index contributed by atoms with van der Waals surface area (Å²) in [6, 6.07) is 10.8. The summed E-state index contributed by atoms with van der Waals surface area (Å²) in [5.74, 6) is -0.0437. The summed E-state index contributed by atoms with van der Waals surface area (Å²) in [5.41, 5.74) is 2.09. The molecule has 12 heteroatoms. The van der Waals surface area contributed by atoms with Gasteiger partial charge in [-0.25, -0.2) is 13.4 Å². The van der Waals surface area contributed by atoms with Crippen LogP contribution in [0.5, 0.6) is 0 Å². The van der Waals surface area contributed by atoms with Gasteiger partial charge in [0.25, 0.3) is 10.0 Å². The molecule has 0 atom stereocenters. The summed E-state index contributed by atoms with van der Waals surface area (Å²) in [7, 11) is -2.10. The standard InChI is InChI=1S/C23H23N5O4S3/c1-26(35(31,32)21-6-3-11-33-21)19-5-2-4-16-12-18(25-22(16)19)23-24-13-17(34-23)14-27-7-8-28(9-10-29)20(30)15-27/h2-6,10-13,25H,7-9,14-15H2,1H3. The second kappa shape index (κ2) is 9.53. The van der Waals surface area contributed by atoms with E-state index in [0.29, 0.717) is 29.5 Å². The molecule has 0 radical (unpaired) electrons. The Morgan fingerprint density at radius 3 is 2.83 bits per heavy atom. The number of aromatic nitrogens is 2. The molecular weight excluding hydrogens is 506 g/mol. The number of H-pyrrole nitrogens is 1. The Morgan fingerprint density at radius 2 is 2.09 bits per heavy atom. The van der Waals surface area contributed by atoms with Crippen molar-refractivity contribution in [2.45, 2.75) is 10.8 Å². The van der Waals surface area contributed by atoms with Crippen LogP contribution in [-0.4, -0.2) is 73.6 Å². The fourth-order valence-electron chi connectivity index (χ4n) is 4.09. The summed E-state index contributed by atoms with van der Waals surface area (Å²) in [4.78, 5) is 35.5. The lowest BCUT2D eigenvalue weighted by Gasteiger charge is -2.32. The van der Waals surface area contributed by atoms with Crippen molar-refractivity contribution in [2.24, 2.45) is 0 Å². The molecule has 1 aliphatic rings. The zero-order chi connectivity index (χ0) is 24.6. The van der Waals surface area contributed by atoms with Gasteiger partial charge in [0.2, 0.25) is 5.91 Å². The van der Waals surface area contributed by atoms with Crippen molar-refractivity contribution in [3.05, 3.63) is 52.9 Å². The van der Waals surface area contributed by atoms with E-state index in [2.05, 4.69) is 14.9 Å². The average molecular weight is 530 g/mol. The number of sulfonamides is 1. The highest BCUT2D eigenvalue weighted by atomic mass is 32.2.